The molecular formula is C13H16N6O3S. The Labute approximate surface area is 136 Å². The molecule has 0 aliphatic heterocycles. The number of carbonyl (C=O) groups is 2. The highest BCUT2D eigenvalue weighted by molar-refractivity contribution is 8.00. The van der Waals surface area contributed by atoms with Gasteiger partial charge in [-0.3, -0.25) is 10.1 Å². The SMILES string of the molecule is COc1ccc(-c2nnc(S[C@H](C)C(=O)NC(N)=O)n2N)cc1. The summed E-state index contributed by atoms with van der Waals surface area (Å²) in [5.41, 5.74) is 5.66. The summed E-state index contributed by atoms with van der Waals surface area (Å²) in [5.74, 6) is 6.59. The van der Waals surface area contributed by atoms with E-state index < -0.39 is 17.2 Å². The molecule has 0 unspecified atom stereocenters. The number of rotatable bonds is 5. The number of benzene rings is 1. The van der Waals surface area contributed by atoms with Crippen LogP contribution in [0.2, 0.25) is 0 Å². The van der Waals surface area contributed by atoms with Crippen molar-refractivity contribution in [1.82, 2.24) is 20.2 Å². The zero-order chi connectivity index (χ0) is 17.0. The number of amides is 3. The number of imide groups is 1. The summed E-state index contributed by atoms with van der Waals surface area (Å²) in [7, 11) is 1.58. The van der Waals surface area contributed by atoms with Gasteiger partial charge in [0.25, 0.3) is 0 Å². The lowest BCUT2D eigenvalue weighted by atomic mass is 10.2. The summed E-state index contributed by atoms with van der Waals surface area (Å²) in [6.07, 6.45) is 0. The van der Waals surface area contributed by atoms with Crippen LogP contribution in [0.5, 0.6) is 5.75 Å². The van der Waals surface area contributed by atoms with E-state index in [0.717, 1.165) is 17.3 Å². The molecule has 1 aromatic carbocycles. The Balaban J connectivity index is 2.15. The van der Waals surface area contributed by atoms with Crippen LogP contribution in [-0.2, 0) is 4.79 Å². The van der Waals surface area contributed by atoms with Gasteiger partial charge < -0.3 is 16.3 Å². The van der Waals surface area contributed by atoms with Gasteiger partial charge in [0, 0.05) is 5.56 Å². The monoisotopic (exact) mass is 336 g/mol. The van der Waals surface area contributed by atoms with Crippen LogP contribution in [0.4, 0.5) is 4.79 Å². The molecule has 23 heavy (non-hydrogen) atoms. The van der Waals surface area contributed by atoms with Gasteiger partial charge in [-0.2, -0.15) is 0 Å². The molecule has 0 aliphatic carbocycles. The first-order chi connectivity index (χ1) is 10.9. The van der Waals surface area contributed by atoms with Crippen LogP contribution in [0.15, 0.2) is 29.4 Å². The van der Waals surface area contributed by atoms with Gasteiger partial charge in [-0.05, 0) is 31.2 Å². The lowest BCUT2D eigenvalue weighted by Crippen LogP contribution is -2.39. The van der Waals surface area contributed by atoms with E-state index in [9.17, 15) is 9.59 Å². The Kier molecular flexibility index (Phi) is 5.06. The van der Waals surface area contributed by atoms with Gasteiger partial charge >= 0.3 is 6.03 Å². The number of methoxy groups -OCH3 is 1. The lowest BCUT2D eigenvalue weighted by molar-refractivity contribution is -0.119. The molecule has 1 aromatic heterocycles. The number of primary amides is 1. The minimum Gasteiger partial charge on any atom is -0.497 e. The summed E-state index contributed by atoms with van der Waals surface area (Å²) in [4.78, 5) is 22.4. The topological polar surface area (TPSA) is 138 Å². The van der Waals surface area contributed by atoms with E-state index in [1.165, 1.54) is 4.68 Å². The van der Waals surface area contributed by atoms with Gasteiger partial charge in [0.15, 0.2) is 5.82 Å². The number of thioether (sulfide) groups is 1. The minimum atomic E-state index is -0.907. The van der Waals surface area contributed by atoms with Crippen LogP contribution in [-0.4, -0.2) is 39.2 Å². The Bertz CT molecular complexity index is 715. The maximum atomic E-state index is 11.7. The van der Waals surface area contributed by atoms with Crippen LogP contribution in [0.3, 0.4) is 0 Å². The first-order valence-corrected chi connectivity index (χ1v) is 7.42. The second-order valence-electron chi connectivity index (χ2n) is 4.52. The molecule has 3 amide bonds. The Hall–Kier alpha value is -2.75. The molecule has 10 heteroatoms. The van der Waals surface area contributed by atoms with Gasteiger partial charge in [-0.1, -0.05) is 11.8 Å². The normalized spacial score (nSPS) is 11.7. The first-order valence-electron chi connectivity index (χ1n) is 6.54. The Morgan fingerprint density at radius 3 is 2.52 bits per heavy atom. The van der Waals surface area contributed by atoms with Crippen molar-refractivity contribution in [3.63, 3.8) is 0 Å². The van der Waals surface area contributed by atoms with Gasteiger partial charge in [0.1, 0.15) is 5.75 Å². The summed E-state index contributed by atoms with van der Waals surface area (Å²) in [6.45, 7) is 1.60. The molecule has 0 aliphatic rings. The average Bonchev–Trinajstić information content (AvgIpc) is 2.87. The summed E-state index contributed by atoms with van der Waals surface area (Å²) < 4.78 is 6.37. The van der Waals surface area contributed by atoms with Crippen molar-refractivity contribution in [2.24, 2.45) is 5.73 Å². The molecular weight excluding hydrogens is 320 g/mol. The molecule has 1 atom stereocenters. The molecule has 0 radical (unpaired) electrons. The number of nitrogens with two attached hydrogens (primary N) is 2. The third-order valence-corrected chi connectivity index (χ3v) is 3.97. The van der Waals surface area contributed by atoms with E-state index in [1.54, 1.807) is 38.3 Å². The van der Waals surface area contributed by atoms with Crippen LogP contribution in [0.25, 0.3) is 11.4 Å². The Morgan fingerprint density at radius 1 is 1.30 bits per heavy atom. The number of carbonyl (C=O) groups excluding carboxylic acids is 2. The highest BCUT2D eigenvalue weighted by Crippen LogP contribution is 2.25. The van der Waals surface area contributed by atoms with Crippen molar-refractivity contribution in [1.29, 1.82) is 0 Å². The summed E-state index contributed by atoms with van der Waals surface area (Å²) in [5, 5.41) is 9.70. The quantitative estimate of drug-likeness (QED) is 0.528. The second-order valence-corrected chi connectivity index (χ2v) is 5.83. The fourth-order valence-electron chi connectivity index (χ4n) is 1.73. The number of nitrogens with zero attached hydrogens (tertiary/aromatic N) is 3. The summed E-state index contributed by atoms with van der Waals surface area (Å²) >= 11 is 1.06. The van der Waals surface area contributed by atoms with Crippen molar-refractivity contribution in [2.75, 3.05) is 13.0 Å². The number of nitrogens with one attached hydrogen (secondary N) is 1. The maximum Gasteiger partial charge on any atom is 0.318 e. The zero-order valence-electron chi connectivity index (χ0n) is 12.5. The largest absolute Gasteiger partial charge is 0.497 e. The molecule has 1 heterocycles. The molecule has 122 valence electrons. The maximum absolute atomic E-state index is 11.7. The number of urea groups is 1. The summed E-state index contributed by atoms with van der Waals surface area (Å²) in [6, 6.07) is 6.24. The molecule has 0 saturated carbocycles. The highest BCUT2D eigenvalue weighted by Gasteiger charge is 2.20. The molecule has 2 rings (SSSR count). The lowest BCUT2D eigenvalue weighted by Gasteiger charge is -2.09. The molecule has 2 aromatic rings. The van der Waals surface area contributed by atoms with Crippen molar-refractivity contribution in [3.8, 4) is 17.1 Å². The predicted octanol–water partition coefficient (Wildman–Crippen LogP) is 0.343. The van der Waals surface area contributed by atoms with E-state index in [1.807, 2.05) is 5.32 Å². The van der Waals surface area contributed by atoms with E-state index >= 15 is 0 Å². The van der Waals surface area contributed by atoms with Gasteiger partial charge in [0.05, 0.1) is 12.4 Å². The fraction of sp³-hybridized carbons (Fsp3) is 0.231. The number of ether oxygens (including phenoxy) is 1. The van der Waals surface area contributed by atoms with Crippen LogP contribution in [0.1, 0.15) is 6.92 Å². The van der Waals surface area contributed by atoms with Crippen molar-refractivity contribution in [2.45, 2.75) is 17.3 Å². The molecule has 0 bridgehead atoms. The molecule has 9 nitrogen and oxygen atoms in total. The third-order valence-electron chi connectivity index (χ3n) is 2.91. The van der Waals surface area contributed by atoms with Gasteiger partial charge in [-0.25, -0.2) is 9.47 Å². The molecule has 0 saturated heterocycles. The molecule has 0 spiro atoms. The minimum absolute atomic E-state index is 0.336. The smallest absolute Gasteiger partial charge is 0.318 e. The number of hydrogen-bond donors (Lipinski definition) is 3. The third kappa shape index (κ3) is 3.92. The average molecular weight is 336 g/mol. The number of hydrogen-bond acceptors (Lipinski definition) is 7. The standard InChI is InChI=1S/C13H16N6O3S/c1-7(11(20)16-12(14)21)23-13-18-17-10(19(13)15)8-3-5-9(22-2)6-4-8/h3-7H,15H2,1-2H3,(H3,14,16,20,21)/t7-/m1/s1. The van der Waals surface area contributed by atoms with E-state index in [0.29, 0.717) is 16.7 Å². The van der Waals surface area contributed by atoms with Crippen molar-refractivity contribution in [3.05, 3.63) is 24.3 Å². The van der Waals surface area contributed by atoms with Gasteiger partial charge in [0.2, 0.25) is 11.1 Å². The number of nitrogen functional groups attached to an aromatic ring is 1. The van der Waals surface area contributed by atoms with Crippen LogP contribution >= 0.6 is 11.8 Å². The van der Waals surface area contributed by atoms with Crippen molar-refractivity contribution >= 4 is 23.7 Å². The Morgan fingerprint density at radius 2 is 1.96 bits per heavy atom. The molecule has 0 fully saturated rings. The highest BCUT2D eigenvalue weighted by atomic mass is 32.2. The fourth-order valence-corrected chi connectivity index (χ4v) is 2.50. The zero-order valence-corrected chi connectivity index (χ0v) is 13.3. The second kappa shape index (κ2) is 7.01. The predicted molar refractivity (Wildman–Crippen MR) is 85.2 cm³/mol. The first kappa shape index (κ1) is 16.6. The van der Waals surface area contributed by atoms with Crippen LogP contribution in [0, 0.1) is 0 Å². The number of aromatic nitrogens is 3. The van der Waals surface area contributed by atoms with E-state index in [4.69, 9.17) is 16.3 Å². The van der Waals surface area contributed by atoms with Crippen molar-refractivity contribution < 1.29 is 14.3 Å². The van der Waals surface area contributed by atoms with Gasteiger partial charge in [-0.15, -0.1) is 10.2 Å². The van der Waals surface area contributed by atoms with Crippen LogP contribution < -0.4 is 21.6 Å². The van der Waals surface area contributed by atoms with E-state index in [2.05, 4.69) is 10.2 Å². The van der Waals surface area contributed by atoms with E-state index in [-0.39, 0.29) is 0 Å². The molecule has 5 N–H and O–H groups in total.